The molecule has 1 heterocycles. The number of aliphatic carboxylic acids is 1. The molecule has 19 heavy (non-hydrogen) atoms. The second-order valence-corrected chi connectivity index (χ2v) is 3.70. The van der Waals surface area contributed by atoms with E-state index in [1.54, 1.807) is 6.92 Å². The smallest absolute Gasteiger partial charge is 0.350 e. The number of nitro groups is 1. The molecule has 1 aromatic heterocycles. The molecule has 1 atom stereocenters. The molecule has 0 aliphatic heterocycles. The van der Waals surface area contributed by atoms with Crippen LogP contribution in [0.3, 0.4) is 0 Å². The first kappa shape index (κ1) is 14.6. The Hall–Kier alpha value is -2.49. The monoisotopic (exact) mass is 272 g/mol. The molecule has 0 fully saturated rings. The van der Waals surface area contributed by atoms with Gasteiger partial charge in [-0.15, -0.1) is 0 Å². The van der Waals surface area contributed by atoms with Crippen molar-refractivity contribution >= 4 is 11.7 Å². The lowest BCUT2D eigenvalue weighted by atomic mass is 10.3. The Labute approximate surface area is 105 Å². The molecule has 1 rings (SSSR count). The molecule has 0 saturated carbocycles. The second kappa shape index (κ2) is 5.44. The number of carboxylic acids is 1. The number of rotatable bonds is 5. The number of carbonyl (C=O) groups is 1. The van der Waals surface area contributed by atoms with Crippen molar-refractivity contribution in [2.75, 3.05) is 0 Å². The number of aromatic nitrogens is 2. The van der Waals surface area contributed by atoms with Gasteiger partial charge in [0.15, 0.2) is 0 Å². The first-order valence-electron chi connectivity index (χ1n) is 5.26. The normalized spacial score (nSPS) is 12.1. The fourth-order valence-electron chi connectivity index (χ4n) is 1.43. The van der Waals surface area contributed by atoms with Crippen LogP contribution in [-0.4, -0.2) is 31.2 Å². The lowest BCUT2D eigenvalue weighted by Gasteiger charge is -2.10. The molecule has 0 saturated heterocycles. The van der Waals surface area contributed by atoms with Crippen LogP contribution >= 0.6 is 0 Å². The zero-order chi connectivity index (χ0) is 14.7. The van der Waals surface area contributed by atoms with Crippen LogP contribution in [0.1, 0.15) is 6.92 Å². The summed E-state index contributed by atoms with van der Waals surface area (Å²) in [6.45, 7) is 1.02. The maximum absolute atomic E-state index is 11.8. The summed E-state index contributed by atoms with van der Waals surface area (Å²) >= 11 is 0. The van der Waals surface area contributed by atoms with Gasteiger partial charge in [0.1, 0.15) is 6.04 Å². The highest BCUT2D eigenvalue weighted by Crippen LogP contribution is 2.00. The van der Waals surface area contributed by atoms with Crippen LogP contribution in [0.4, 0.5) is 5.69 Å². The van der Waals surface area contributed by atoms with Crippen molar-refractivity contribution in [2.24, 2.45) is 5.73 Å². The number of carboxylic acid groups (broad SMARTS) is 1. The van der Waals surface area contributed by atoms with Gasteiger partial charge >= 0.3 is 22.9 Å². The molecular formula is C9H12N4O6. The predicted octanol–water partition coefficient (Wildman–Crippen LogP) is -1.65. The zero-order valence-corrected chi connectivity index (χ0v) is 9.98. The molecule has 0 spiro atoms. The molecule has 0 aliphatic rings. The number of aryl methyl sites for hydroxylation is 1. The summed E-state index contributed by atoms with van der Waals surface area (Å²) in [5.74, 6) is -1.42. The van der Waals surface area contributed by atoms with E-state index in [1.807, 2.05) is 0 Å². The van der Waals surface area contributed by atoms with Crippen molar-refractivity contribution in [3.8, 4) is 0 Å². The van der Waals surface area contributed by atoms with Crippen LogP contribution in [0, 0.1) is 10.1 Å². The van der Waals surface area contributed by atoms with Crippen LogP contribution < -0.4 is 17.0 Å². The first-order chi connectivity index (χ1) is 8.79. The number of hydrogen-bond acceptors (Lipinski definition) is 6. The highest BCUT2D eigenvalue weighted by molar-refractivity contribution is 5.72. The molecule has 0 aromatic carbocycles. The van der Waals surface area contributed by atoms with E-state index in [1.165, 1.54) is 0 Å². The molecular weight excluding hydrogens is 260 g/mol. The van der Waals surface area contributed by atoms with E-state index in [-0.39, 0.29) is 6.54 Å². The summed E-state index contributed by atoms with van der Waals surface area (Å²) in [6.07, 6.45) is 0.827. The van der Waals surface area contributed by atoms with Crippen molar-refractivity contribution in [1.29, 1.82) is 0 Å². The molecule has 0 bridgehead atoms. The van der Waals surface area contributed by atoms with Crippen LogP contribution in [0.15, 0.2) is 15.8 Å². The molecule has 0 amide bonds. The molecule has 1 unspecified atom stereocenters. The Kier molecular flexibility index (Phi) is 4.17. The van der Waals surface area contributed by atoms with Crippen molar-refractivity contribution in [2.45, 2.75) is 26.1 Å². The van der Waals surface area contributed by atoms with E-state index >= 15 is 0 Å². The third kappa shape index (κ3) is 2.85. The standard InChI is InChI=1S/C9H12N4O6/c1-2-11-4-6(13(18)19)7(14)12(9(11)17)3-5(10)8(15)16/h4-5H,2-3,10H2,1H3,(H,15,16). The molecule has 3 N–H and O–H groups in total. The molecule has 10 nitrogen and oxygen atoms in total. The number of hydrogen-bond donors (Lipinski definition) is 2. The van der Waals surface area contributed by atoms with Crippen LogP contribution in [0.5, 0.6) is 0 Å². The fraction of sp³-hybridized carbons (Fsp3) is 0.444. The van der Waals surface area contributed by atoms with Gasteiger partial charge < -0.3 is 10.8 Å². The minimum atomic E-state index is -1.50. The molecule has 0 radical (unpaired) electrons. The Morgan fingerprint density at radius 3 is 2.58 bits per heavy atom. The van der Waals surface area contributed by atoms with E-state index in [2.05, 4.69) is 0 Å². The molecule has 1 aromatic rings. The van der Waals surface area contributed by atoms with E-state index < -0.39 is 40.4 Å². The van der Waals surface area contributed by atoms with Gasteiger partial charge in [-0.1, -0.05) is 0 Å². The third-order valence-corrected chi connectivity index (χ3v) is 2.45. The van der Waals surface area contributed by atoms with Crippen LogP contribution in [-0.2, 0) is 17.9 Å². The predicted molar refractivity (Wildman–Crippen MR) is 62.9 cm³/mol. The maximum atomic E-state index is 11.8. The summed E-state index contributed by atoms with van der Waals surface area (Å²) in [5, 5.41) is 19.3. The van der Waals surface area contributed by atoms with Gasteiger partial charge in [0.25, 0.3) is 0 Å². The number of nitrogens with two attached hydrogens (primary N) is 1. The average molecular weight is 272 g/mol. The lowest BCUT2D eigenvalue weighted by Crippen LogP contribution is -2.46. The van der Waals surface area contributed by atoms with Crippen molar-refractivity contribution in [3.05, 3.63) is 37.1 Å². The Balaban J connectivity index is 3.49. The van der Waals surface area contributed by atoms with Crippen molar-refractivity contribution < 1.29 is 14.8 Å². The summed E-state index contributed by atoms with van der Waals surface area (Å²) in [7, 11) is 0. The molecule has 0 aliphatic carbocycles. The minimum Gasteiger partial charge on any atom is -0.480 e. The van der Waals surface area contributed by atoms with Gasteiger partial charge in [-0.25, -0.2) is 4.79 Å². The fourth-order valence-corrected chi connectivity index (χ4v) is 1.43. The first-order valence-corrected chi connectivity index (χ1v) is 5.26. The number of nitrogens with zero attached hydrogens (tertiary/aromatic N) is 3. The minimum absolute atomic E-state index is 0.0995. The van der Waals surface area contributed by atoms with Gasteiger partial charge in [0.2, 0.25) is 0 Å². The van der Waals surface area contributed by atoms with Gasteiger partial charge in [-0.2, -0.15) is 0 Å². The van der Waals surface area contributed by atoms with Gasteiger partial charge in [0, 0.05) is 6.54 Å². The Morgan fingerprint density at radius 2 is 2.16 bits per heavy atom. The maximum Gasteiger partial charge on any atom is 0.350 e. The largest absolute Gasteiger partial charge is 0.480 e. The Bertz CT molecular complexity index is 631. The van der Waals surface area contributed by atoms with Gasteiger partial charge in [-0.05, 0) is 6.92 Å². The quantitative estimate of drug-likeness (QED) is 0.481. The SMILES string of the molecule is CCn1cc([N+](=O)[O-])c(=O)n(CC(N)C(=O)O)c1=O. The second-order valence-electron chi connectivity index (χ2n) is 3.70. The highest BCUT2D eigenvalue weighted by atomic mass is 16.6. The van der Waals surface area contributed by atoms with E-state index in [4.69, 9.17) is 10.8 Å². The van der Waals surface area contributed by atoms with E-state index in [0.717, 1.165) is 10.8 Å². The summed E-state index contributed by atoms with van der Waals surface area (Å²) in [6, 6.07) is -1.50. The Morgan fingerprint density at radius 1 is 1.58 bits per heavy atom. The highest BCUT2D eigenvalue weighted by Gasteiger charge is 2.22. The average Bonchev–Trinajstić information content (AvgIpc) is 2.33. The summed E-state index contributed by atoms with van der Waals surface area (Å²) < 4.78 is 1.40. The lowest BCUT2D eigenvalue weighted by molar-refractivity contribution is -0.387. The van der Waals surface area contributed by atoms with Crippen molar-refractivity contribution in [1.82, 2.24) is 9.13 Å². The topological polar surface area (TPSA) is 150 Å². The van der Waals surface area contributed by atoms with E-state index in [9.17, 15) is 24.5 Å². The van der Waals surface area contributed by atoms with Crippen molar-refractivity contribution in [3.63, 3.8) is 0 Å². The van der Waals surface area contributed by atoms with Gasteiger partial charge in [0.05, 0.1) is 17.7 Å². The summed E-state index contributed by atoms with van der Waals surface area (Å²) in [5.41, 5.74) is 2.41. The van der Waals surface area contributed by atoms with E-state index in [0.29, 0.717) is 4.57 Å². The van der Waals surface area contributed by atoms with Crippen LogP contribution in [0.25, 0.3) is 0 Å². The zero-order valence-electron chi connectivity index (χ0n) is 9.98. The summed E-state index contributed by atoms with van der Waals surface area (Å²) in [4.78, 5) is 43.9. The third-order valence-electron chi connectivity index (χ3n) is 2.45. The van der Waals surface area contributed by atoms with Crippen LogP contribution in [0.2, 0.25) is 0 Å². The molecule has 104 valence electrons. The van der Waals surface area contributed by atoms with Gasteiger partial charge in [-0.3, -0.25) is 28.8 Å². The molecule has 10 heteroatoms.